The van der Waals surface area contributed by atoms with Crippen molar-refractivity contribution in [2.75, 3.05) is 26.2 Å². The number of halogens is 1. The first-order chi connectivity index (χ1) is 13.3. The fraction of sp³-hybridized carbons (Fsp3) is 0.500. The summed E-state index contributed by atoms with van der Waals surface area (Å²) in [4.78, 5) is 16.5. The Hall–Kier alpha value is -1.56. The standard InChI is InChI=1S/C22H30N2O2S.ClH/c1-2-3-15-26-19-11-9-18(10-12-19)22(25)23-17-20(21-8-7-16-27-21)24-13-5-4-6-14-24;/h7-12,16,20H,2-6,13-15,17H2,1H3,(H,23,25);1H. The number of ether oxygens (including phenoxy) is 1. The Balaban J connectivity index is 0.00000280. The third-order valence-corrected chi connectivity index (χ3v) is 6.02. The lowest BCUT2D eigenvalue weighted by Crippen LogP contribution is -2.40. The molecule has 154 valence electrons. The zero-order valence-electron chi connectivity index (χ0n) is 16.6. The summed E-state index contributed by atoms with van der Waals surface area (Å²) in [5.41, 5.74) is 0.682. The minimum atomic E-state index is -0.0197. The van der Waals surface area contributed by atoms with Crippen molar-refractivity contribution in [3.05, 3.63) is 52.2 Å². The molecule has 6 heteroatoms. The lowest BCUT2D eigenvalue weighted by Gasteiger charge is -2.34. The van der Waals surface area contributed by atoms with Gasteiger partial charge in [0.05, 0.1) is 12.6 Å². The van der Waals surface area contributed by atoms with Crippen LogP contribution in [0.25, 0.3) is 0 Å². The first kappa shape index (κ1) is 22.7. The highest BCUT2D eigenvalue weighted by Crippen LogP contribution is 2.27. The molecule has 0 bridgehead atoms. The van der Waals surface area contributed by atoms with Crippen LogP contribution in [0.4, 0.5) is 0 Å². The number of piperidine rings is 1. The Morgan fingerprint density at radius 3 is 2.57 bits per heavy atom. The zero-order valence-corrected chi connectivity index (χ0v) is 18.2. The first-order valence-corrected chi connectivity index (χ1v) is 10.9. The Morgan fingerprint density at radius 2 is 1.93 bits per heavy atom. The SMILES string of the molecule is CCCCOc1ccc(C(=O)NCC(c2cccs2)N2CCCCC2)cc1.Cl. The zero-order chi connectivity index (χ0) is 18.9. The summed E-state index contributed by atoms with van der Waals surface area (Å²) >= 11 is 1.77. The lowest BCUT2D eigenvalue weighted by atomic mass is 10.1. The van der Waals surface area contributed by atoms with Crippen LogP contribution in [0.2, 0.25) is 0 Å². The second-order valence-electron chi connectivity index (χ2n) is 7.06. The van der Waals surface area contributed by atoms with Gasteiger partial charge in [-0.3, -0.25) is 9.69 Å². The molecule has 1 aliphatic heterocycles. The van der Waals surface area contributed by atoms with Crippen molar-refractivity contribution in [1.29, 1.82) is 0 Å². The molecule has 1 aromatic carbocycles. The molecule has 0 saturated carbocycles. The minimum Gasteiger partial charge on any atom is -0.494 e. The largest absolute Gasteiger partial charge is 0.494 e. The molecule has 1 unspecified atom stereocenters. The maximum atomic E-state index is 12.6. The van der Waals surface area contributed by atoms with Gasteiger partial charge in [-0.2, -0.15) is 0 Å². The van der Waals surface area contributed by atoms with E-state index in [0.717, 1.165) is 38.3 Å². The van der Waals surface area contributed by atoms with Gasteiger partial charge in [0, 0.05) is 17.0 Å². The van der Waals surface area contributed by atoms with E-state index in [-0.39, 0.29) is 24.4 Å². The van der Waals surface area contributed by atoms with E-state index in [9.17, 15) is 4.79 Å². The van der Waals surface area contributed by atoms with Gasteiger partial charge < -0.3 is 10.1 Å². The number of benzene rings is 1. The third-order valence-electron chi connectivity index (χ3n) is 5.04. The normalized spacial score (nSPS) is 15.5. The van der Waals surface area contributed by atoms with Crippen LogP contribution in [0.5, 0.6) is 5.75 Å². The number of carbonyl (C=O) groups is 1. The van der Waals surface area contributed by atoms with Gasteiger partial charge in [0.2, 0.25) is 0 Å². The molecule has 1 atom stereocenters. The van der Waals surface area contributed by atoms with Crippen LogP contribution in [0, 0.1) is 0 Å². The van der Waals surface area contributed by atoms with Crippen LogP contribution in [-0.2, 0) is 0 Å². The van der Waals surface area contributed by atoms with E-state index in [4.69, 9.17) is 4.74 Å². The van der Waals surface area contributed by atoms with Crippen LogP contribution >= 0.6 is 23.7 Å². The Bertz CT molecular complexity index is 685. The van der Waals surface area contributed by atoms with Crippen LogP contribution in [0.1, 0.15) is 60.3 Å². The average Bonchev–Trinajstić information content (AvgIpc) is 3.24. The second kappa shape index (κ2) is 12.1. The summed E-state index contributed by atoms with van der Waals surface area (Å²) in [6, 6.07) is 12.0. The van der Waals surface area contributed by atoms with E-state index >= 15 is 0 Å². The molecule has 4 nitrogen and oxygen atoms in total. The van der Waals surface area contributed by atoms with E-state index in [1.807, 2.05) is 24.3 Å². The fourth-order valence-electron chi connectivity index (χ4n) is 3.45. The van der Waals surface area contributed by atoms with Crippen molar-refractivity contribution in [2.45, 2.75) is 45.1 Å². The molecule has 1 saturated heterocycles. The number of hydrogen-bond acceptors (Lipinski definition) is 4. The van der Waals surface area contributed by atoms with Crippen LogP contribution in [0.15, 0.2) is 41.8 Å². The quantitative estimate of drug-likeness (QED) is 0.557. The Kier molecular flexibility index (Phi) is 9.82. The highest BCUT2D eigenvalue weighted by Gasteiger charge is 2.23. The highest BCUT2D eigenvalue weighted by atomic mass is 35.5. The molecule has 0 aliphatic carbocycles. The van der Waals surface area contributed by atoms with Gasteiger partial charge in [-0.25, -0.2) is 0 Å². The smallest absolute Gasteiger partial charge is 0.251 e. The summed E-state index contributed by atoms with van der Waals surface area (Å²) < 4.78 is 5.67. The van der Waals surface area contributed by atoms with Crippen molar-refractivity contribution < 1.29 is 9.53 Å². The number of nitrogens with one attached hydrogen (secondary N) is 1. The number of likely N-dealkylation sites (tertiary alicyclic amines) is 1. The van der Waals surface area contributed by atoms with Crippen LogP contribution in [0.3, 0.4) is 0 Å². The number of unbranched alkanes of at least 4 members (excludes halogenated alkanes) is 1. The fourth-order valence-corrected chi connectivity index (χ4v) is 4.31. The summed E-state index contributed by atoms with van der Waals surface area (Å²) in [6.07, 6.45) is 5.96. The molecule has 1 aliphatic rings. The van der Waals surface area contributed by atoms with Gasteiger partial charge in [0.25, 0.3) is 5.91 Å². The van der Waals surface area contributed by atoms with Crippen LogP contribution in [-0.4, -0.2) is 37.0 Å². The monoisotopic (exact) mass is 422 g/mol. The van der Waals surface area contributed by atoms with Gasteiger partial charge in [-0.05, 0) is 68.1 Å². The number of nitrogens with zero attached hydrogens (tertiary/aromatic N) is 1. The molecule has 1 N–H and O–H groups in total. The Labute approximate surface area is 178 Å². The van der Waals surface area contributed by atoms with Crippen molar-refractivity contribution in [3.63, 3.8) is 0 Å². The minimum absolute atomic E-state index is 0. The van der Waals surface area contributed by atoms with Crippen molar-refractivity contribution >= 4 is 29.7 Å². The van der Waals surface area contributed by atoms with Crippen molar-refractivity contribution in [1.82, 2.24) is 10.2 Å². The average molecular weight is 423 g/mol. The van der Waals surface area contributed by atoms with Gasteiger partial charge in [0.15, 0.2) is 0 Å². The van der Waals surface area contributed by atoms with Gasteiger partial charge >= 0.3 is 0 Å². The predicted octanol–water partition coefficient (Wildman–Crippen LogP) is 5.31. The van der Waals surface area contributed by atoms with Gasteiger partial charge in [-0.1, -0.05) is 25.8 Å². The molecule has 28 heavy (non-hydrogen) atoms. The van der Waals surface area contributed by atoms with E-state index in [1.54, 1.807) is 11.3 Å². The van der Waals surface area contributed by atoms with Crippen molar-refractivity contribution in [2.24, 2.45) is 0 Å². The Morgan fingerprint density at radius 1 is 1.18 bits per heavy atom. The molecule has 1 fully saturated rings. The number of rotatable bonds is 9. The molecule has 1 amide bonds. The molecule has 3 rings (SSSR count). The first-order valence-electron chi connectivity index (χ1n) is 10.1. The second-order valence-corrected chi connectivity index (χ2v) is 8.04. The number of thiophene rings is 1. The molecule has 2 heterocycles. The molecule has 0 radical (unpaired) electrons. The predicted molar refractivity (Wildman–Crippen MR) is 119 cm³/mol. The molecule has 2 aromatic rings. The lowest BCUT2D eigenvalue weighted by molar-refractivity contribution is 0.0925. The van der Waals surface area contributed by atoms with E-state index in [0.29, 0.717) is 12.1 Å². The maximum absolute atomic E-state index is 12.6. The van der Waals surface area contributed by atoms with Crippen molar-refractivity contribution in [3.8, 4) is 5.75 Å². The topological polar surface area (TPSA) is 41.6 Å². The van der Waals surface area contributed by atoms with Crippen LogP contribution < -0.4 is 10.1 Å². The number of hydrogen-bond donors (Lipinski definition) is 1. The third kappa shape index (κ3) is 6.50. The molecule has 1 aromatic heterocycles. The van der Waals surface area contributed by atoms with E-state index in [2.05, 4.69) is 34.7 Å². The highest BCUT2D eigenvalue weighted by molar-refractivity contribution is 7.10. The van der Waals surface area contributed by atoms with E-state index < -0.39 is 0 Å². The summed E-state index contributed by atoms with van der Waals surface area (Å²) in [5, 5.41) is 5.26. The maximum Gasteiger partial charge on any atom is 0.251 e. The summed E-state index contributed by atoms with van der Waals surface area (Å²) in [5.74, 6) is 0.804. The summed E-state index contributed by atoms with van der Waals surface area (Å²) in [7, 11) is 0. The number of amides is 1. The molecular formula is C22H31ClN2O2S. The number of carbonyl (C=O) groups excluding carboxylic acids is 1. The van der Waals surface area contributed by atoms with Gasteiger partial charge in [0.1, 0.15) is 5.75 Å². The van der Waals surface area contributed by atoms with Gasteiger partial charge in [-0.15, -0.1) is 23.7 Å². The molecular weight excluding hydrogens is 392 g/mol. The van der Waals surface area contributed by atoms with E-state index in [1.165, 1.54) is 24.1 Å². The molecule has 0 spiro atoms. The summed E-state index contributed by atoms with van der Waals surface area (Å²) in [6.45, 7) is 5.74.